The zero-order valence-corrected chi connectivity index (χ0v) is 9.41. The van der Waals surface area contributed by atoms with Crippen LogP contribution in [0.25, 0.3) is 5.78 Å². The highest BCUT2D eigenvalue weighted by Gasteiger charge is 2.17. The number of aromatic nitrogens is 4. The van der Waals surface area contributed by atoms with Crippen molar-refractivity contribution in [2.75, 3.05) is 0 Å². The van der Waals surface area contributed by atoms with Gasteiger partial charge in [-0.1, -0.05) is 25.4 Å². The van der Waals surface area contributed by atoms with Gasteiger partial charge in [-0.05, 0) is 12.0 Å². The molecule has 2 heterocycles. The number of hydrogen-bond acceptors (Lipinski definition) is 3. The van der Waals surface area contributed by atoms with Crippen molar-refractivity contribution in [1.29, 1.82) is 0 Å². The van der Waals surface area contributed by atoms with Crippen molar-refractivity contribution in [2.24, 2.45) is 0 Å². The summed E-state index contributed by atoms with van der Waals surface area (Å²) in [6, 6.07) is 1.60. The molecule has 0 radical (unpaired) electrons. The van der Waals surface area contributed by atoms with Crippen LogP contribution in [0.5, 0.6) is 0 Å². The molecule has 0 unspecified atom stereocenters. The Morgan fingerprint density at radius 1 is 1.31 bits per heavy atom. The molecule has 0 fully saturated rings. The summed E-state index contributed by atoms with van der Waals surface area (Å²) in [5.74, 6) is -0.309. The molecular formula is C9H9ClF2N4. The molecular weight excluding hydrogens is 238 g/mol. The predicted molar refractivity (Wildman–Crippen MR) is 54.8 cm³/mol. The maximum atomic E-state index is 12.4. The van der Waals surface area contributed by atoms with E-state index < -0.39 is 12.2 Å². The molecule has 0 amide bonds. The summed E-state index contributed by atoms with van der Waals surface area (Å²) in [5.41, 5.74) is 0.700. The fraction of sp³-hybridized carbons (Fsp3) is 0.444. The quantitative estimate of drug-likeness (QED) is 0.766. The van der Waals surface area contributed by atoms with Crippen molar-refractivity contribution < 1.29 is 8.78 Å². The topological polar surface area (TPSA) is 43.1 Å². The van der Waals surface area contributed by atoms with Gasteiger partial charge in [0.25, 0.3) is 12.2 Å². The first-order valence-corrected chi connectivity index (χ1v) is 5.08. The van der Waals surface area contributed by atoms with E-state index in [1.54, 1.807) is 6.07 Å². The molecule has 2 aromatic heterocycles. The van der Waals surface area contributed by atoms with Crippen molar-refractivity contribution in [3.63, 3.8) is 0 Å². The lowest BCUT2D eigenvalue weighted by Crippen LogP contribution is -1.99. The van der Waals surface area contributed by atoms with Gasteiger partial charge in [0.15, 0.2) is 0 Å². The smallest absolute Gasteiger partial charge is 0.216 e. The van der Waals surface area contributed by atoms with Crippen LogP contribution in [0.4, 0.5) is 8.78 Å². The molecule has 2 rings (SSSR count). The van der Waals surface area contributed by atoms with E-state index >= 15 is 0 Å². The molecule has 7 heteroatoms. The van der Waals surface area contributed by atoms with E-state index in [1.807, 2.05) is 13.8 Å². The first kappa shape index (κ1) is 11.2. The van der Waals surface area contributed by atoms with Crippen molar-refractivity contribution in [2.45, 2.75) is 26.2 Å². The highest BCUT2D eigenvalue weighted by molar-refractivity contribution is 6.29. The molecule has 0 aliphatic rings. The van der Waals surface area contributed by atoms with Crippen molar-refractivity contribution in [3.05, 3.63) is 22.7 Å². The van der Waals surface area contributed by atoms with E-state index in [1.165, 1.54) is 0 Å². The molecule has 0 saturated carbocycles. The number of alkyl halides is 2. The Kier molecular flexibility index (Phi) is 2.75. The van der Waals surface area contributed by atoms with Gasteiger partial charge in [-0.15, -0.1) is 5.10 Å². The molecule has 4 nitrogen and oxygen atoms in total. The SMILES string of the molecule is CC(C)c1cc(Cl)n2nc(C(F)F)nc2n1. The average Bonchev–Trinajstić information content (AvgIpc) is 2.61. The molecule has 16 heavy (non-hydrogen) atoms. The predicted octanol–water partition coefficient (Wildman–Crippen LogP) is 2.84. The van der Waals surface area contributed by atoms with Crippen LogP contribution in [0.3, 0.4) is 0 Å². The first-order chi connectivity index (χ1) is 7.49. The summed E-state index contributed by atoms with van der Waals surface area (Å²) in [6.45, 7) is 3.86. The van der Waals surface area contributed by atoms with Crippen LogP contribution in [0, 0.1) is 0 Å². The molecule has 2 aromatic rings. The van der Waals surface area contributed by atoms with Gasteiger partial charge in [0.1, 0.15) is 5.15 Å². The van der Waals surface area contributed by atoms with Crippen LogP contribution in [-0.2, 0) is 0 Å². The molecule has 0 saturated heterocycles. The van der Waals surface area contributed by atoms with Crippen LogP contribution in [0.15, 0.2) is 6.07 Å². The number of fused-ring (bicyclic) bond motifs is 1. The van der Waals surface area contributed by atoms with Crippen LogP contribution in [0.2, 0.25) is 5.15 Å². The molecule has 0 aromatic carbocycles. The van der Waals surface area contributed by atoms with Gasteiger partial charge < -0.3 is 0 Å². The molecule has 0 N–H and O–H groups in total. The second kappa shape index (κ2) is 3.93. The van der Waals surface area contributed by atoms with Gasteiger partial charge in [0, 0.05) is 0 Å². The Bertz CT molecular complexity index is 523. The zero-order valence-electron chi connectivity index (χ0n) is 8.65. The highest BCUT2D eigenvalue weighted by Crippen LogP contribution is 2.20. The van der Waals surface area contributed by atoms with Gasteiger partial charge in [-0.25, -0.2) is 13.8 Å². The lowest BCUT2D eigenvalue weighted by Gasteiger charge is -2.04. The highest BCUT2D eigenvalue weighted by atomic mass is 35.5. The second-order valence-corrected chi connectivity index (χ2v) is 4.03. The fourth-order valence-electron chi connectivity index (χ4n) is 1.25. The third kappa shape index (κ3) is 1.84. The van der Waals surface area contributed by atoms with E-state index in [-0.39, 0.29) is 16.8 Å². The molecule has 0 aliphatic carbocycles. The summed E-state index contributed by atoms with van der Waals surface area (Å²) in [7, 11) is 0. The Hall–Kier alpha value is -1.30. The fourth-order valence-corrected chi connectivity index (χ4v) is 1.48. The minimum absolute atomic E-state index is 0.103. The van der Waals surface area contributed by atoms with E-state index in [2.05, 4.69) is 15.1 Å². The maximum Gasteiger partial charge on any atom is 0.299 e. The molecule has 0 atom stereocenters. The van der Waals surface area contributed by atoms with Crippen LogP contribution >= 0.6 is 11.6 Å². The molecule has 0 aliphatic heterocycles. The average molecular weight is 247 g/mol. The first-order valence-electron chi connectivity index (χ1n) is 4.70. The zero-order chi connectivity index (χ0) is 11.9. The molecule has 86 valence electrons. The third-order valence-corrected chi connectivity index (χ3v) is 2.36. The third-order valence-electron chi connectivity index (χ3n) is 2.09. The van der Waals surface area contributed by atoms with Gasteiger partial charge in [0.05, 0.1) is 5.69 Å². The van der Waals surface area contributed by atoms with Crippen molar-refractivity contribution >= 4 is 17.4 Å². The Morgan fingerprint density at radius 3 is 2.56 bits per heavy atom. The van der Waals surface area contributed by atoms with E-state index in [0.717, 1.165) is 4.52 Å². The second-order valence-electron chi connectivity index (χ2n) is 3.64. The summed E-state index contributed by atoms with van der Waals surface area (Å²) in [5, 5.41) is 3.80. The van der Waals surface area contributed by atoms with Crippen LogP contribution in [0.1, 0.15) is 37.7 Å². The summed E-state index contributed by atoms with van der Waals surface area (Å²) in [6.07, 6.45) is -2.72. The minimum atomic E-state index is -2.72. The summed E-state index contributed by atoms with van der Waals surface area (Å²) in [4.78, 5) is 7.73. The van der Waals surface area contributed by atoms with Gasteiger partial charge >= 0.3 is 0 Å². The van der Waals surface area contributed by atoms with Gasteiger partial charge in [-0.3, -0.25) is 0 Å². The van der Waals surface area contributed by atoms with Crippen LogP contribution < -0.4 is 0 Å². The normalized spacial score (nSPS) is 11.9. The van der Waals surface area contributed by atoms with E-state index in [4.69, 9.17) is 11.6 Å². The van der Waals surface area contributed by atoms with Crippen molar-refractivity contribution in [1.82, 2.24) is 19.6 Å². The summed E-state index contributed by atoms with van der Waals surface area (Å²) >= 11 is 5.90. The Morgan fingerprint density at radius 2 is 2.00 bits per heavy atom. The van der Waals surface area contributed by atoms with Gasteiger partial charge in [-0.2, -0.15) is 9.50 Å². The largest absolute Gasteiger partial charge is 0.299 e. The number of nitrogens with zero attached hydrogens (tertiary/aromatic N) is 4. The van der Waals surface area contributed by atoms with Crippen LogP contribution in [-0.4, -0.2) is 19.6 Å². The van der Waals surface area contributed by atoms with E-state index in [9.17, 15) is 8.78 Å². The standard InChI is InChI=1S/C9H9ClF2N4/c1-4(2)5-3-6(10)16-9(13-5)14-8(15-16)7(11)12/h3-4,7H,1-2H3. The minimum Gasteiger partial charge on any atom is -0.216 e. The Labute approximate surface area is 95.3 Å². The van der Waals surface area contributed by atoms with E-state index in [0.29, 0.717) is 5.69 Å². The number of halogens is 3. The monoisotopic (exact) mass is 246 g/mol. The molecule has 0 spiro atoms. The lowest BCUT2D eigenvalue weighted by molar-refractivity contribution is 0.140. The lowest BCUT2D eigenvalue weighted by atomic mass is 10.1. The maximum absolute atomic E-state index is 12.4. The summed E-state index contributed by atoms with van der Waals surface area (Å²) < 4.78 is 25.9. The number of rotatable bonds is 2. The van der Waals surface area contributed by atoms with Gasteiger partial charge in [0.2, 0.25) is 5.82 Å². The molecule has 0 bridgehead atoms. The Balaban J connectivity index is 2.63. The number of hydrogen-bond donors (Lipinski definition) is 0. The van der Waals surface area contributed by atoms with Crippen molar-refractivity contribution in [3.8, 4) is 0 Å².